The number of halogens is 1. The number of carbonyl (C=O) groups excluding carboxylic acids is 1. The Morgan fingerprint density at radius 1 is 1.71 bits per heavy atom. The van der Waals surface area contributed by atoms with Gasteiger partial charge in [0.15, 0.2) is 0 Å². The Bertz CT molecular complexity index is 368. The maximum Gasteiger partial charge on any atom is 0.254 e. The molecule has 1 heterocycles. The van der Waals surface area contributed by atoms with Crippen LogP contribution in [0.1, 0.15) is 10.4 Å². The van der Waals surface area contributed by atoms with Crippen molar-refractivity contribution >= 4 is 27.7 Å². The fraction of sp³-hybridized carbons (Fsp3) is 0.250. The number of hydrogen-bond acceptors (Lipinski definition) is 4. The molecule has 0 radical (unpaired) electrons. The van der Waals surface area contributed by atoms with E-state index in [4.69, 9.17) is 10.5 Å². The third kappa shape index (κ3) is 1.95. The molecular formula is C8H10BrN3O2. The van der Waals surface area contributed by atoms with Crippen LogP contribution in [0.25, 0.3) is 0 Å². The van der Waals surface area contributed by atoms with E-state index in [1.165, 1.54) is 7.11 Å². The molecule has 0 saturated heterocycles. The molecule has 0 saturated carbocycles. The van der Waals surface area contributed by atoms with Crippen molar-refractivity contribution in [2.24, 2.45) is 5.73 Å². The Morgan fingerprint density at radius 2 is 2.36 bits per heavy atom. The number of aromatic nitrogens is 1. The van der Waals surface area contributed by atoms with Gasteiger partial charge in [-0.1, -0.05) is 0 Å². The van der Waals surface area contributed by atoms with Crippen molar-refractivity contribution in [3.63, 3.8) is 0 Å². The summed E-state index contributed by atoms with van der Waals surface area (Å²) in [5.74, 6) is 0.231. The number of methoxy groups -OCH3 is 1. The fourth-order valence-electron chi connectivity index (χ4n) is 0.979. The summed E-state index contributed by atoms with van der Waals surface area (Å²) >= 11 is 3.25. The highest BCUT2D eigenvalue weighted by atomic mass is 79.9. The van der Waals surface area contributed by atoms with Crippen molar-refractivity contribution in [3.05, 3.63) is 16.1 Å². The zero-order valence-electron chi connectivity index (χ0n) is 7.80. The largest absolute Gasteiger partial charge is 0.480 e. The first kappa shape index (κ1) is 10.8. The Labute approximate surface area is 89.8 Å². The topological polar surface area (TPSA) is 77.2 Å². The van der Waals surface area contributed by atoms with E-state index >= 15 is 0 Å². The van der Waals surface area contributed by atoms with Gasteiger partial charge in [0.1, 0.15) is 11.4 Å². The fourth-order valence-corrected chi connectivity index (χ4v) is 1.50. The second kappa shape index (κ2) is 4.28. The number of rotatable bonds is 3. The van der Waals surface area contributed by atoms with E-state index in [0.29, 0.717) is 10.3 Å². The first-order chi connectivity index (χ1) is 6.60. The number of nitrogens with two attached hydrogens (primary N) is 1. The van der Waals surface area contributed by atoms with Gasteiger partial charge in [0.2, 0.25) is 5.88 Å². The summed E-state index contributed by atoms with van der Waals surface area (Å²) in [7, 11) is 3.15. The lowest BCUT2D eigenvalue weighted by Gasteiger charge is -2.08. The molecule has 0 aromatic carbocycles. The minimum Gasteiger partial charge on any atom is -0.480 e. The minimum atomic E-state index is -0.572. The summed E-state index contributed by atoms with van der Waals surface area (Å²) in [6, 6.07) is 1.57. The lowest BCUT2D eigenvalue weighted by molar-refractivity contribution is 0.0996. The van der Waals surface area contributed by atoms with Crippen molar-refractivity contribution in [1.29, 1.82) is 0 Å². The molecule has 1 rings (SSSR count). The van der Waals surface area contributed by atoms with Crippen LogP contribution >= 0.6 is 15.9 Å². The summed E-state index contributed by atoms with van der Waals surface area (Å²) in [5, 5.41) is 2.85. The molecule has 0 bridgehead atoms. The van der Waals surface area contributed by atoms with Crippen LogP contribution in [0.4, 0.5) is 5.82 Å². The predicted octanol–water partition coefficient (Wildman–Crippen LogP) is 0.993. The van der Waals surface area contributed by atoms with E-state index in [0.717, 1.165) is 0 Å². The zero-order valence-corrected chi connectivity index (χ0v) is 9.38. The van der Waals surface area contributed by atoms with Gasteiger partial charge in [0.05, 0.1) is 11.6 Å². The minimum absolute atomic E-state index is 0.213. The summed E-state index contributed by atoms with van der Waals surface area (Å²) in [6.45, 7) is 0. The summed E-state index contributed by atoms with van der Waals surface area (Å²) in [5.41, 5.74) is 5.40. The van der Waals surface area contributed by atoms with Crippen LogP contribution in [0.5, 0.6) is 5.88 Å². The number of ether oxygens (including phenoxy) is 1. The standard InChI is InChI=1S/C8H10BrN3O2/c1-11-7-5(9)3-4(6(10)13)8(12-7)14-2/h3H,1-2H3,(H2,10,13)(H,11,12). The molecule has 0 aliphatic heterocycles. The first-order valence-electron chi connectivity index (χ1n) is 3.82. The van der Waals surface area contributed by atoms with Gasteiger partial charge in [0.25, 0.3) is 5.91 Å². The van der Waals surface area contributed by atoms with Crippen molar-refractivity contribution in [3.8, 4) is 5.88 Å². The van der Waals surface area contributed by atoms with E-state index in [2.05, 4.69) is 26.2 Å². The van der Waals surface area contributed by atoms with E-state index in [-0.39, 0.29) is 11.4 Å². The Kier molecular flexibility index (Phi) is 3.29. The molecule has 0 aliphatic rings. The number of primary amides is 1. The van der Waals surface area contributed by atoms with Crippen molar-refractivity contribution in [1.82, 2.24) is 4.98 Å². The summed E-state index contributed by atoms with van der Waals surface area (Å²) in [6.07, 6.45) is 0. The smallest absolute Gasteiger partial charge is 0.254 e. The van der Waals surface area contributed by atoms with Gasteiger partial charge in [-0.25, -0.2) is 0 Å². The number of carbonyl (C=O) groups is 1. The van der Waals surface area contributed by atoms with Crippen LogP contribution in [0.2, 0.25) is 0 Å². The van der Waals surface area contributed by atoms with Gasteiger partial charge < -0.3 is 15.8 Å². The SMILES string of the molecule is CNc1nc(OC)c(C(N)=O)cc1Br. The van der Waals surface area contributed by atoms with Crippen LogP contribution in [0.3, 0.4) is 0 Å². The lowest BCUT2D eigenvalue weighted by Crippen LogP contribution is -2.14. The van der Waals surface area contributed by atoms with Crippen LogP contribution in [-0.2, 0) is 0 Å². The quantitative estimate of drug-likeness (QED) is 0.849. The van der Waals surface area contributed by atoms with Crippen molar-refractivity contribution in [2.75, 3.05) is 19.5 Å². The van der Waals surface area contributed by atoms with E-state index in [9.17, 15) is 4.79 Å². The molecule has 1 aromatic rings. The molecule has 0 spiro atoms. The van der Waals surface area contributed by atoms with E-state index < -0.39 is 5.91 Å². The average Bonchev–Trinajstić information content (AvgIpc) is 2.17. The van der Waals surface area contributed by atoms with Gasteiger partial charge in [-0.3, -0.25) is 4.79 Å². The highest BCUT2D eigenvalue weighted by Gasteiger charge is 2.13. The van der Waals surface area contributed by atoms with Crippen molar-refractivity contribution < 1.29 is 9.53 Å². The third-order valence-electron chi connectivity index (χ3n) is 1.64. The maximum absolute atomic E-state index is 11.0. The monoisotopic (exact) mass is 259 g/mol. The first-order valence-corrected chi connectivity index (χ1v) is 4.61. The molecular weight excluding hydrogens is 250 g/mol. The van der Waals surface area contributed by atoms with Crippen LogP contribution < -0.4 is 15.8 Å². The lowest BCUT2D eigenvalue weighted by atomic mass is 10.2. The third-order valence-corrected chi connectivity index (χ3v) is 2.24. The summed E-state index contributed by atoms with van der Waals surface area (Å²) < 4.78 is 5.59. The highest BCUT2D eigenvalue weighted by Crippen LogP contribution is 2.26. The van der Waals surface area contributed by atoms with Gasteiger partial charge in [-0.05, 0) is 22.0 Å². The Balaban J connectivity index is 3.31. The molecule has 1 aromatic heterocycles. The van der Waals surface area contributed by atoms with Gasteiger partial charge in [0, 0.05) is 7.05 Å². The van der Waals surface area contributed by atoms with Crippen molar-refractivity contribution in [2.45, 2.75) is 0 Å². The number of nitrogens with zero attached hydrogens (tertiary/aromatic N) is 1. The Hall–Kier alpha value is -1.30. The molecule has 0 fully saturated rings. The highest BCUT2D eigenvalue weighted by molar-refractivity contribution is 9.10. The molecule has 0 unspecified atom stereocenters. The molecule has 3 N–H and O–H groups in total. The molecule has 0 aliphatic carbocycles. The molecule has 14 heavy (non-hydrogen) atoms. The Morgan fingerprint density at radius 3 is 2.79 bits per heavy atom. The molecule has 6 heteroatoms. The molecule has 5 nitrogen and oxygen atoms in total. The normalized spacial score (nSPS) is 9.64. The predicted molar refractivity (Wildman–Crippen MR) is 56.6 cm³/mol. The molecule has 1 amide bonds. The number of hydrogen-bond donors (Lipinski definition) is 2. The van der Waals surface area contributed by atoms with Gasteiger partial charge in [-0.2, -0.15) is 4.98 Å². The average molecular weight is 260 g/mol. The van der Waals surface area contributed by atoms with Gasteiger partial charge in [-0.15, -0.1) is 0 Å². The van der Waals surface area contributed by atoms with Crippen LogP contribution in [-0.4, -0.2) is 25.0 Å². The number of pyridine rings is 1. The van der Waals surface area contributed by atoms with Crippen LogP contribution in [0.15, 0.2) is 10.5 Å². The van der Waals surface area contributed by atoms with E-state index in [1.54, 1.807) is 13.1 Å². The molecule has 76 valence electrons. The van der Waals surface area contributed by atoms with E-state index in [1.807, 2.05) is 0 Å². The number of amides is 1. The second-order valence-electron chi connectivity index (χ2n) is 2.49. The van der Waals surface area contributed by atoms with Gasteiger partial charge >= 0.3 is 0 Å². The maximum atomic E-state index is 11.0. The summed E-state index contributed by atoms with van der Waals surface area (Å²) in [4.78, 5) is 15.0. The zero-order chi connectivity index (χ0) is 10.7. The number of nitrogens with one attached hydrogen (secondary N) is 1. The second-order valence-corrected chi connectivity index (χ2v) is 3.34. The number of anilines is 1. The molecule has 0 atom stereocenters. The van der Waals surface area contributed by atoms with Crippen LogP contribution in [0, 0.1) is 0 Å².